The van der Waals surface area contributed by atoms with E-state index in [-0.39, 0.29) is 17.4 Å². The van der Waals surface area contributed by atoms with Gasteiger partial charge < -0.3 is 15.2 Å². The first kappa shape index (κ1) is 26.7. The molecule has 0 radical (unpaired) electrons. The Kier molecular flexibility index (Phi) is 8.06. The van der Waals surface area contributed by atoms with Gasteiger partial charge in [0.15, 0.2) is 0 Å². The largest absolute Gasteiger partial charge is 0.490 e. The second-order valence-corrected chi connectivity index (χ2v) is 11.4. The molecule has 38 heavy (non-hydrogen) atoms. The van der Waals surface area contributed by atoms with E-state index in [0.29, 0.717) is 25.5 Å². The second kappa shape index (κ2) is 11.5. The summed E-state index contributed by atoms with van der Waals surface area (Å²) in [5, 5.41) is 14.0. The number of ether oxygens (including phenoxy) is 1. The van der Waals surface area contributed by atoms with Gasteiger partial charge >= 0.3 is 5.97 Å². The van der Waals surface area contributed by atoms with Crippen molar-refractivity contribution < 1.29 is 14.6 Å². The van der Waals surface area contributed by atoms with Crippen LogP contribution in [0.1, 0.15) is 81.4 Å². The van der Waals surface area contributed by atoms with Crippen LogP contribution < -0.4 is 10.1 Å². The molecule has 0 amide bonds. The molecule has 2 atom stereocenters. The first-order valence-corrected chi connectivity index (χ1v) is 14.2. The van der Waals surface area contributed by atoms with Crippen molar-refractivity contribution in [3.63, 3.8) is 0 Å². The highest BCUT2D eigenvalue weighted by atomic mass is 35.5. The van der Waals surface area contributed by atoms with Crippen LogP contribution in [0.2, 0.25) is 5.02 Å². The average molecular weight is 533 g/mol. The van der Waals surface area contributed by atoms with Crippen molar-refractivity contribution >= 4 is 17.6 Å². The molecule has 2 fully saturated rings. The molecule has 5 rings (SSSR count). The van der Waals surface area contributed by atoms with E-state index in [1.54, 1.807) is 0 Å². The summed E-state index contributed by atoms with van der Waals surface area (Å²) in [5.41, 5.74) is 5.60. The van der Waals surface area contributed by atoms with E-state index >= 15 is 0 Å². The predicted molar refractivity (Wildman–Crippen MR) is 152 cm³/mol. The Hall–Kier alpha value is -2.89. The summed E-state index contributed by atoms with van der Waals surface area (Å²) in [4.78, 5) is 15.9. The number of aliphatic carboxylic acids is 1. The highest BCUT2D eigenvalue weighted by Gasteiger charge is 2.46. The molecule has 0 spiro atoms. The Labute approximate surface area is 230 Å². The highest BCUT2D eigenvalue weighted by molar-refractivity contribution is 6.31. The van der Waals surface area contributed by atoms with E-state index in [2.05, 4.69) is 53.6 Å². The fraction of sp³-hybridized carbons (Fsp3) is 0.438. The lowest BCUT2D eigenvalue weighted by atomic mass is 9.90. The standard InChI is InChI=1S/C32H37ClN2O3/c1-3-22(31(36)37)9-8-21(2)23-10-13-29(33)24(18-23)19-35-32(15-16-32)28-20-34-17-14-26(28)27-6-4-5-7-30(27)38-25-11-12-25/h4-7,10,13-14,17-18,20-22,25,35H,3,8-9,11-12,15-16,19H2,1-2H3,(H,36,37). The number of halogens is 1. The van der Waals surface area contributed by atoms with Crippen molar-refractivity contribution in [2.24, 2.45) is 5.92 Å². The van der Waals surface area contributed by atoms with E-state index in [1.165, 1.54) is 16.7 Å². The Morgan fingerprint density at radius 1 is 1.16 bits per heavy atom. The number of benzene rings is 2. The molecule has 0 saturated heterocycles. The molecule has 2 N–H and O–H groups in total. The molecule has 2 unspecified atom stereocenters. The molecule has 200 valence electrons. The zero-order valence-corrected chi connectivity index (χ0v) is 23.0. The first-order chi connectivity index (χ1) is 18.4. The predicted octanol–water partition coefficient (Wildman–Crippen LogP) is 7.72. The number of para-hydroxylation sites is 1. The Balaban J connectivity index is 1.32. The maximum Gasteiger partial charge on any atom is 0.306 e. The molecular weight excluding hydrogens is 496 g/mol. The van der Waals surface area contributed by atoms with Gasteiger partial charge in [-0.25, -0.2) is 0 Å². The van der Waals surface area contributed by atoms with Crippen LogP contribution in [0.5, 0.6) is 5.75 Å². The molecular formula is C32H37ClN2O3. The molecule has 1 heterocycles. The zero-order chi connectivity index (χ0) is 26.7. The summed E-state index contributed by atoms with van der Waals surface area (Å²) in [6.45, 7) is 4.76. The van der Waals surface area contributed by atoms with Gasteiger partial charge in [-0.05, 0) is 91.3 Å². The number of nitrogens with zero attached hydrogens (tertiary/aromatic N) is 1. The molecule has 2 aliphatic rings. The van der Waals surface area contributed by atoms with Crippen LogP contribution >= 0.6 is 11.6 Å². The maximum absolute atomic E-state index is 11.4. The highest BCUT2D eigenvalue weighted by Crippen LogP contribution is 2.50. The van der Waals surface area contributed by atoms with E-state index in [0.717, 1.165) is 54.0 Å². The quantitative estimate of drug-likeness (QED) is 0.236. The van der Waals surface area contributed by atoms with Crippen LogP contribution in [-0.2, 0) is 16.9 Å². The van der Waals surface area contributed by atoms with E-state index in [1.807, 2.05) is 31.5 Å². The van der Waals surface area contributed by atoms with Crippen LogP contribution in [0.15, 0.2) is 60.9 Å². The monoisotopic (exact) mass is 532 g/mol. The Bertz CT molecular complexity index is 1290. The van der Waals surface area contributed by atoms with Crippen molar-refractivity contribution in [3.8, 4) is 16.9 Å². The minimum absolute atomic E-state index is 0.142. The van der Waals surface area contributed by atoms with Crippen molar-refractivity contribution in [3.05, 3.63) is 82.6 Å². The fourth-order valence-electron chi connectivity index (χ4n) is 5.26. The topological polar surface area (TPSA) is 71.5 Å². The lowest BCUT2D eigenvalue weighted by Crippen LogP contribution is -2.29. The fourth-order valence-corrected chi connectivity index (χ4v) is 5.44. The molecule has 1 aromatic heterocycles. The second-order valence-electron chi connectivity index (χ2n) is 10.9. The summed E-state index contributed by atoms with van der Waals surface area (Å²) in [5.74, 6) is 0.222. The third kappa shape index (κ3) is 6.05. The molecule has 0 bridgehead atoms. The lowest BCUT2D eigenvalue weighted by molar-refractivity contribution is -0.142. The summed E-state index contributed by atoms with van der Waals surface area (Å²) in [7, 11) is 0. The molecule has 5 nitrogen and oxygen atoms in total. The Morgan fingerprint density at radius 3 is 2.66 bits per heavy atom. The molecule has 0 aliphatic heterocycles. The normalized spacial score (nSPS) is 17.6. The number of hydrogen-bond acceptors (Lipinski definition) is 4. The molecule has 2 aliphatic carbocycles. The van der Waals surface area contributed by atoms with Gasteiger partial charge in [0.25, 0.3) is 0 Å². The number of aromatic nitrogens is 1. The van der Waals surface area contributed by atoms with Gasteiger partial charge in [0.1, 0.15) is 5.75 Å². The summed E-state index contributed by atoms with van der Waals surface area (Å²) in [6, 6.07) is 16.6. The number of carboxylic acid groups (broad SMARTS) is 1. The van der Waals surface area contributed by atoms with E-state index in [4.69, 9.17) is 16.3 Å². The third-order valence-electron chi connectivity index (χ3n) is 8.13. The number of pyridine rings is 1. The van der Waals surface area contributed by atoms with E-state index < -0.39 is 5.97 Å². The molecule has 3 aromatic rings. The van der Waals surface area contributed by atoms with Gasteiger partial charge in [-0.3, -0.25) is 9.78 Å². The SMILES string of the molecule is CCC(CCC(C)c1ccc(Cl)c(CNC2(c3cnccc3-c3ccccc3OC3CC3)CC2)c1)C(=O)O. The van der Waals surface area contributed by atoms with Crippen LogP contribution in [0.25, 0.3) is 11.1 Å². The number of hydrogen-bond donors (Lipinski definition) is 2. The number of rotatable bonds is 13. The van der Waals surface area contributed by atoms with Crippen LogP contribution in [-0.4, -0.2) is 22.2 Å². The van der Waals surface area contributed by atoms with Crippen molar-refractivity contribution in [2.75, 3.05) is 0 Å². The average Bonchev–Trinajstić information content (AvgIpc) is 3.86. The van der Waals surface area contributed by atoms with Gasteiger partial charge in [0, 0.05) is 35.1 Å². The summed E-state index contributed by atoms with van der Waals surface area (Å²) < 4.78 is 6.24. The minimum Gasteiger partial charge on any atom is -0.490 e. The number of carbonyl (C=O) groups is 1. The summed E-state index contributed by atoms with van der Waals surface area (Å²) >= 11 is 6.64. The van der Waals surface area contributed by atoms with Gasteiger partial charge in [-0.2, -0.15) is 0 Å². The number of carboxylic acids is 1. The molecule has 2 saturated carbocycles. The third-order valence-corrected chi connectivity index (χ3v) is 8.50. The summed E-state index contributed by atoms with van der Waals surface area (Å²) in [6.07, 6.45) is 10.7. The van der Waals surface area contributed by atoms with Crippen molar-refractivity contribution in [2.45, 2.75) is 82.9 Å². The van der Waals surface area contributed by atoms with Crippen LogP contribution in [0, 0.1) is 5.92 Å². The first-order valence-electron chi connectivity index (χ1n) is 13.9. The maximum atomic E-state index is 11.4. The molecule has 6 heteroatoms. The lowest BCUT2D eigenvalue weighted by Gasteiger charge is -2.23. The van der Waals surface area contributed by atoms with Gasteiger partial charge in [0.05, 0.1) is 12.0 Å². The van der Waals surface area contributed by atoms with Crippen LogP contribution in [0.4, 0.5) is 0 Å². The van der Waals surface area contributed by atoms with Crippen molar-refractivity contribution in [1.82, 2.24) is 10.3 Å². The van der Waals surface area contributed by atoms with Gasteiger partial charge in [-0.1, -0.05) is 55.8 Å². The Morgan fingerprint density at radius 2 is 1.95 bits per heavy atom. The minimum atomic E-state index is -0.702. The van der Waals surface area contributed by atoms with Crippen molar-refractivity contribution in [1.29, 1.82) is 0 Å². The zero-order valence-electron chi connectivity index (χ0n) is 22.3. The smallest absolute Gasteiger partial charge is 0.306 e. The number of nitrogens with one attached hydrogen (secondary N) is 1. The van der Waals surface area contributed by atoms with Gasteiger partial charge in [-0.15, -0.1) is 0 Å². The van der Waals surface area contributed by atoms with E-state index in [9.17, 15) is 9.90 Å². The van der Waals surface area contributed by atoms with Gasteiger partial charge in [0.2, 0.25) is 0 Å². The van der Waals surface area contributed by atoms with Crippen LogP contribution in [0.3, 0.4) is 0 Å². The molecule has 2 aromatic carbocycles.